The van der Waals surface area contributed by atoms with Gasteiger partial charge in [-0.1, -0.05) is 17.7 Å². The molecule has 0 aromatic heterocycles. The van der Waals surface area contributed by atoms with Crippen molar-refractivity contribution in [2.75, 3.05) is 13.2 Å². The van der Waals surface area contributed by atoms with Crippen molar-refractivity contribution in [3.63, 3.8) is 0 Å². The maximum absolute atomic E-state index is 9.93. The van der Waals surface area contributed by atoms with E-state index in [4.69, 9.17) is 9.47 Å². The Morgan fingerprint density at radius 1 is 1.38 bits per heavy atom. The van der Waals surface area contributed by atoms with Crippen molar-refractivity contribution in [2.24, 2.45) is 0 Å². The third kappa shape index (κ3) is 1.35. The third-order valence-corrected chi connectivity index (χ3v) is 3.78. The lowest BCUT2D eigenvalue weighted by atomic mass is 9.83. The number of rotatable bonds is 1. The normalized spacial score (nSPS) is 36.9. The fourth-order valence-corrected chi connectivity index (χ4v) is 2.59. The molecule has 0 amide bonds. The molecule has 86 valence electrons. The maximum Gasteiger partial charge on any atom is 0.119 e. The van der Waals surface area contributed by atoms with Gasteiger partial charge in [0, 0.05) is 11.5 Å². The quantitative estimate of drug-likeness (QED) is 0.736. The van der Waals surface area contributed by atoms with Gasteiger partial charge < -0.3 is 14.6 Å². The summed E-state index contributed by atoms with van der Waals surface area (Å²) in [6, 6.07) is 5.69. The molecule has 1 N–H and O–H groups in total. The van der Waals surface area contributed by atoms with E-state index in [1.165, 1.54) is 0 Å². The second kappa shape index (κ2) is 3.22. The number of phenolic OH excluding ortho intramolecular Hbond substituents is 1. The number of hydrogen-bond donors (Lipinski definition) is 1. The molecule has 2 heterocycles. The van der Waals surface area contributed by atoms with E-state index in [0.29, 0.717) is 19.0 Å². The van der Waals surface area contributed by atoms with E-state index in [-0.39, 0.29) is 17.6 Å². The van der Waals surface area contributed by atoms with Gasteiger partial charge in [-0.3, -0.25) is 0 Å². The lowest BCUT2D eigenvalue weighted by Crippen LogP contribution is -2.32. The van der Waals surface area contributed by atoms with Crippen LogP contribution in [0, 0.1) is 6.92 Å². The summed E-state index contributed by atoms with van der Waals surface area (Å²) in [6.45, 7) is 5.44. The first-order valence-corrected chi connectivity index (χ1v) is 5.66. The van der Waals surface area contributed by atoms with Crippen molar-refractivity contribution in [3.8, 4) is 5.75 Å². The van der Waals surface area contributed by atoms with Gasteiger partial charge in [-0.05, 0) is 19.9 Å². The SMILES string of the molecule is Cc1ccc(O)c([C@@H]2COC[C@H]3O[C@]32C)c1. The lowest BCUT2D eigenvalue weighted by molar-refractivity contribution is 0.0829. The summed E-state index contributed by atoms with van der Waals surface area (Å²) in [5.41, 5.74) is 1.97. The van der Waals surface area contributed by atoms with Gasteiger partial charge >= 0.3 is 0 Å². The molecular weight excluding hydrogens is 204 g/mol. The zero-order chi connectivity index (χ0) is 11.3. The van der Waals surface area contributed by atoms with Crippen LogP contribution in [0.4, 0.5) is 0 Å². The molecule has 3 nitrogen and oxygen atoms in total. The highest BCUT2D eigenvalue weighted by atomic mass is 16.6. The number of fused-ring (bicyclic) bond motifs is 1. The number of ether oxygens (including phenoxy) is 2. The Labute approximate surface area is 95.0 Å². The molecule has 2 saturated heterocycles. The Hall–Kier alpha value is -1.06. The first kappa shape index (κ1) is 10.1. The zero-order valence-corrected chi connectivity index (χ0v) is 9.56. The number of benzene rings is 1. The van der Waals surface area contributed by atoms with E-state index >= 15 is 0 Å². The molecule has 1 aromatic rings. The fraction of sp³-hybridized carbons (Fsp3) is 0.538. The van der Waals surface area contributed by atoms with Crippen LogP contribution in [0.5, 0.6) is 5.75 Å². The van der Waals surface area contributed by atoms with Crippen LogP contribution in [0.25, 0.3) is 0 Å². The summed E-state index contributed by atoms with van der Waals surface area (Å²) in [5, 5.41) is 9.93. The number of phenols is 1. The number of aryl methyl sites for hydroxylation is 1. The molecule has 0 bridgehead atoms. The van der Waals surface area contributed by atoms with Crippen molar-refractivity contribution < 1.29 is 14.6 Å². The highest BCUT2D eigenvalue weighted by Crippen LogP contribution is 2.52. The van der Waals surface area contributed by atoms with Gasteiger partial charge in [-0.15, -0.1) is 0 Å². The van der Waals surface area contributed by atoms with Crippen LogP contribution >= 0.6 is 0 Å². The molecule has 0 saturated carbocycles. The summed E-state index contributed by atoms with van der Waals surface area (Å²) in [6.07, 6.45) is 0.200. The molecule has 0 aliphatic carbocycles. The third-order valence-electron chi connectivity index (χ3n) is 3.78. The Morgan fingerprint density at radius 3 is 3.00 bits per heavy atom. The van der Waals surface area contributed by atoms with Crippen LogP contribution in [0.2, 0.25) is 0 Å². The van der Waals surface area contributed by atoms with E-state index in [0.717, 1.165) is 11.1 Å². The standard InChI is InChI=1S/C13H16O3/c1-8-3-4-11(14)9(5-8)10-6-15-7-12-13(10,2)16-12/h3-5,10,12,14H,6-7H2,1-2H3/t10-,12+,13-/m0/s1. The van der Waals surface area contributed by atoms with E-state index in [1.807, 2.05) is 19.1 Å². The summed E-state index contributed by atoms with van der Waals surface area (Å²) in [5.74, 6) is 0.489. The van der Waals surface area contributed by atoms with Gasteiger partial charge in [0.05, 0.1) is 13.2 Å². The number of epoxide rings is 1. The van der Waals surface area contributed by atoms with E-state index in [9.17, 15) is 5.11 Å². The molecule has 2 fully saturated rings. The Morgan fingerprint density at radius 2 is 2.19 bits per heavy atom. The second-order valence-corrected chi connectivity index (χ2v) is 4.94. The monoisotopic (exact) mass is 220 g/mol. The smallest absolute Gasteiger partial charge is 0.119 e. The molecular formula is C13H16O3. The van der Waals surface area contributed by atoms with Crippen molar-refractivity contribution >= 4 is 0 Å². The summed E-state index contributed by atoms with van der Waals surface area (Å²) >= 11 is 0. The van der Waals surface area contributed by atoms with E-state index in [2.05, 4.69) is 6.92 Å². The minimum Gasteiger partial charge on any atom is -0.508 e. The van der Waals surface area contributed by atoms with Crippen LogP contribution in [0.3, 0.4) is 0 Å². The second-order valence-electron chi connectivity index (χ2n) is 4.94. The van der Waals surface area contributed by atoms with Gasteiger partial charge in [-0.2, -0.15) is 0 Å². The lowest BCUT2D eigenvalue weighted by Gasteiger charge is -2.26. The fourth-order valence-electron chi connectivity index (χ4n) is 2.59. The molecule has 2 aliphatic rings. The molecule has 3 rings (SSSR count). The molecule has 1 aromatic carbocycles. The molecule has 2 aliphatic heterocycles. The highest BCUT2D eigenvalue weighted by molar-refractivity contribution is 5.41. The van der Waals surface area contributed by atoms with Gasteiger partial charge in [-0.25, -0.2) is 0 Å². The van der Waals surface area contributed by atoms with Crippen LogP contribution < -0.4 is 0 Å². The molecule has 3 atom stereocenters. The van der Waals surface area contributed by atoms with Gasteiger partial charge in [0.1, 0.15) is 17.5 Å². The summed E-state index contributed by atoms with van der Waals surface area (Å²) in [4.78, 5) is 0. The highest BCUT2D eigenvalue weighted by Gasteiger charge is 2.60. The summed E-state index contributed by atoms with van der Waals surface area (Å²) in [7, 11) is 0. The first-order chi connectivity index (χ1) is 7.61. The number of aromatic hydroxyl groups is 1. The Bertz CT molecular complexity index is 429. The minimum atomic E-state index is -0.135. The van der Waals surface area contributed by atoms with Crippen LogP contribution in [0.1, 0.15) is 24.0 Å². The molecule has 0 unspecified atom stereocenters. The molecule has 0 spiro atoms. The van der Waals surface area contributed by atoms with Crippen molar-refractivity contribution in [2.45, 2.75) is 31.5 Å². The maximum atomic E-state index is 9.93. The van der Waals surface area contributed by atoms with Crippen molar-refractivity contribution in [3.05, 3.63) is 29.3 Å². The van der Waals surface area contributed by atoms with Gasteiger partial charge in [0.25, 0.3) is 0 Å². The average molecular weight is 220 g/mol. The van der Waals surface area contributed by atoms with E-state index in [1.54, 1.807) is 6.07 Å². The molecule has 16 heavy (non-hydrogen) atoms. The summed E-state index contributed by atoms with van der Waals surface area (Å²) < 4.78 is 11.2. The number of hydrogen-bond acceptors (Lipinski definition) is 3. The van der Waals surface area contributed by atoms with Gasteiger partial charge in [0.15, 0.2) is 0 Å². The van der Waals surface area contributed by atoms with Crippen molar-refractivity contribution in [1.82, 2.24) is 0 Å². The van der Waals surface area contributed by atoms with E-state index < -0.39 is 0 Å². The zero-order valence-electron chi connectivity index (χ0n) is 9.56. The van der Waals surface area contributed by atoms with Crippen molar-refractivity contribution in [1.29, 1.82) is 0 Å². The van der Waals surface area contributed by atoms with Crippen LogP contribution in [0.15, 0.2) is 18.2 Å². The van der Waals surface area contributed by atoms with Crippen LogP contribution in [-0.4, -0.2) is 30.0 Å². The predicted molar refractivity (Wildman–Crippen MR) is 59.7 cm³/mol. The Kier molecular flexibility index (Phi) is 2.03. The van der Waals surface area contributed by atoms with Crippen LogP contribution in [-0.2, 0) is 9.47 Å². The average Bonchev–Trinajstić information content (AvgIpc) is 2.93. The minimum absolute atomic E-state index is 0.135. The largest absolute Gasteiger partial charge is 0.508 e. The molecule has 3 heteroatoms. The van der Waals surface area contributed by atoms with Gasteiger partial charge in [0.2, 0.25) is 0 Å². The Balaban J connectivity index is 1.99. The first-order valence-electron chi connectivity index (χ1n) is 5.66. The predicted octanol–water partition coefficient (Wildman–Crippen LogP) is 1.97. The molecule has 0 radical (unpaired) electrons. The topological polar surface area (TPSA) is 42.0 Å².